The van der Waals surface area contributed by atoms with Crippen LogP contribution in [-0.2, 0) is 27.1 Å². The molecule has 1 N–H and O–H groups in total. The van der Waals surface area contributed by atoms with E-state index in [9.17, 15) is 17.6 Å². The third-order valence-corrected chi connectivity index (χ3v) is 6.86. The number of nitrogens with zero attached hydrogens (tertiary/aromatic N) is 1. The Balaban J connectivity index is 1.58. The molecule has 1 heterocycles. The van der Waals surface area contributed by atoms with Gasteiger partial charge in [-0.1, -0.05) is 35.9 Å². The van der Waals surface area contributed by atoms with E-state index in [1.54, 1.807) is 36.4 Å². The van der Waals surface area contributed by atoms with E-state index in [2.05, 4.69) is 5.32 Å². The van der Waals surface area contributed by atoms with Crippen molar-refractivity contribution < 1.29 is 17.6 Å². The van der Waals surface area contributed by atoms with Gasteiger partial charge in [-0.3, -0.25) is 4.79 Å². The van der Waals surface area contributed by atoms with Crippen LogP contribution in [0.4, 0.5) is 4.39 Å². The molecule has 0 spiro atoms. The molecule has 1 fully saturated rings. The smallest absolute Gasteiger partial charge is 0.224 e. The summed E-state index contributed by atoms with van der Waals surface area (Å²) in [4.78, 5) is 12.5. The van der Waals surface area contributed by atoms with Crippen LogP contribution in [0.5, 0.6) is 0 Å². The first kappa shape index (κ1) is 20.8. The fourth-order valence-electron chi connectivity index (χ4n) is 3.23. The summed E-state index contributed by atoms with van der Waals surface area (Å²) in [5.41, 5.74) is 1.45. The average molecular weight is 425 g/mol. The van der Waals surface area contributed by atoms with Gasteiger partial charge in [0.2, 0.25) is 15.9 Å². The predicted molar refractivity (Wildman–Crippen MR) is 107 cm³/mol. The Bertz CT molecular complexity index is 917. The van der Waals surface area contributed by atoms with Crippen molar-refractivity contribution in [2.75, 3.05) is 13.1 Å². The van der Waals surface area contributed by atoms with Gasteiger partial charge in [0.15, 0.2) is 0 Å². The van der Waals surface area contributed by atoms with Crippen LogP contribution in [0.1, 0.15) is 24.0 Å². The van der Waals surface area contributed by atoms with Crippen LogP contribution in [-0.4, -0.2) is 31.7 Å². The SMILES string of the molecule is O=C(NCc1ccc(F)cc1)[C@@H]1CCCN(S(=O)(=O)Cc2ccc(Cl)cc2)C1. The minimum absolute atomic E-state index is 0.117. The highest BCUT2D eigenvalue weighted by molar-refractivity contribution is 7.88. The van der Waals surface area contributed by atoms with Crippen molar-refractivity contribution in [1.29, 1.82) is 0 Å². The van der Waals surface area contributed by atoms with Gasteiger partial charge in [0, 0.05) is 24.7 Å². The van der Waals surface area contributed by atoms with Gasteiger partial charge >= 0.3 is 0 Å². The average Bonchev–Trinajstić information content (AvgIpc) is 2.69. The minimum atomic E-state index is -3.52. The molecule has 0 saturated carbocycles. The molecule has 0 bridgehead atoms. The van der Waals surface area contributed by atoms with Gasteiger partial charge in [-0.25, -0.2) is 17.1 Å². The number of rotatable bonds is 6. The minimum Gasteiger partial charge on any atom is -0.352 e. The highest BCUT2D eigenvalue weighted by Crippen LogP contribution is 2.22. The van der Waals surface area contributed by atoms with Crippen LogP contribution >= 0.6 is 11.6 Å². The molecule has 1 aliphatic heterocycles. The maximum absolute atomic E-state index is 13.0. The van der Waals surface area contributed by atoms with Gasteiger partial charge in [-0.05, 0) is 48.2 Å². The van der Waals surface area contributed by atoms with Crippen LogP contribution in [0.15, 0.2) is 48.5 Å². The lowest BCUT2D eigenvalue weighted by molar-refractivity contribution is -0.126. The molecule has 2 aromatic carbocycles. The van der Waals surface area contributed by atoms with Crippen LogP contribution in [0.25, 0.3) is 0 Å². The molecule has 150 valence electrons. The molecule has 28 heavy (non-hydrogen) atoms. The van der Waals surface area contributed by atoms with Gasteiger partial charge in [0.05, 0.1) is 11.7 Å². The van der Waals surface area contributed by atoms with Crippen molar-refractivity contribution in [3.63, 3.8) is 0 Å². The second-order valence-corrected chi connectivity index (χ2v) is 9.33. The number of halogens is 2. The lowest BCUT2D eigenvalue weighted by Gasteiger charge is -2.31. The zero-order valence-electron chi connectivity index (χ0n) is 15.3. The summed E-state index contributed by atoms with van der Waals surface area (Å²) in [6, 6.07) is 12.6. The molecule has 1 saturated heterocycles. The number of amides is 1. The number of nitrogens with one attached hydrogen (secondary N) is 1. The summed E-state index contributed by atoms with van der Waals surface area (Å²) in [6.07, 6.45) is 1.27. The van der Waals surface area contributed by atoms with Gasteiger partial charge < -0.3 is 5.32 Å². The second kappa shape index (κ2) is 9.03. The monoisotopic (exact) mass is 424 g/mol. The summed E-state index contributed by atoms with van der Waals surface area (Å²) in [5.74, 6) is -1.03. The number of hydrogen-bond acceptors (Lipinski definition) is 3. The van der Waals surface area contributed by atoms with Crippen molar-refractivity contribution in [1.82, 2.24) is 9.62 Å². The number of carbonyl (C=O) groups excluding carboxylic acids is 1. The lowest BCUT2D eigenvalue weighted by Crippen LogP contribution is -2.45. The van der Waals surface area contributed by atoms with Crippen LogP contribution < -0.4 is 5.32 Å². The van der Waals surface area contributed by atoms with Crippen molar-refractivity contribution in [2.24, 2.45) is 5.92 Å². The number of hydrogen-bond donors (Lipinski definition) is 1. The molecule has 0 radical (unpaired) electrons. The van der Waals surface area contributed by atoms with E-state index in [0.717, 1.165) is 5.56 Å². The normalized spacial score (nSPS) is 18.0. The van der Waals surface area contributed by atoms with E-state index in [0.29, 0.717) is 30.0 Å². The van der Waals surface area contributed by atoms with Crippen LogP contribution in [0, 0.1) is 11.7 Å². The second-order valence-electron chi connectivity index (χ2n) is 6.92. The predicted octanol–water partition coefficient (Wildman–Crippen LogP) is 3.34. The fraction of sp³-hybridized carbons (Fsp3) is 0.350. The van der Waals surface area contributed by atoms with Crippen LogP contribution in [0.3, 0.4) is 0 Å². The zero-order chi connectivity index (χ0) is 20.1. The molecular formula is C20H22ClFN2O3S. The Kier molecular flexibility index (Phi) is 6.69. The van der Waals surface area contributed by atoms with Crippen LogP contribution in [0.2, 0.25) is 5.02 Å². The standard InChI is InChI=1S/C20H22ClFN2O3S/c21-18-7-3-16(4-8-18)14-28(26,27)24-11-1-2-17(13-24)20(25)23-12-15-5-9-19(22)10-6-15/h3-10,17H,1-2,11-14H2,(H,23,25)/t17-/m1/s1. The summed E-state index contributed by atoms with van der Waals surface area (Å²) < 4.78 is 39.8. The molecule has 3 rings (SSSR count). The molecule has 0 unspecified atom stereocenters. The molecule has 5 nitrogen and oxygen atoms in total. The lowest BCUT2D eigenvalue weighted by atomic mass is 9.99. The van der Waals surface area contributed by atoms with Crippen molar-refractivity contribution in [3.05, 3.63) is 70.5 Å². The first-order valence-electron chi connectivity index (χ1n) is 9.08. The molecule has 1 atom stereocenters. The Morgan fingerprint density at radius 1 is 1.11 bits per heavy atom. The topological polar surface area (TPSA) is 66.5 Å². The first-order valence-corrected chi connectivity index (χ1v) is 11.1. The third kappa shape index (κ3) is 5.53. The number of piperidine rings is 1. The van der Waals surface area contributed by atoms with Gasteiger partial charge in [0.1, 0.15) is 5.82 Å². The van der Waals surface area contributed by atoms with E-state index >= 15 is 0 Å². The number of sulfonamides is 1. The maximum atomic E-state index is 13.0. The van der Waals surface area contributed by atoms with Gasteiger partial charge in [-0.2, -0.15) is 0 Å². The Hall–Kier alpha value is -1.96. The largest absolute Gasteiger partial charge is 0.352 e. The molecular weight excluding hydrogens is 403 g/mol. The molecule has 1 amide bonds. The molecule has 1 aliphatic rings. The van der Waals surface area contributed by atoms with E-state index < -0.39 is 15.9 Å². The number of benzene rings is 2. The van der Waals surface area contributed by atoms with Gasteiger partial charge in [0.25, 0.3) is 0 Å². The Morgan fingerprint density at radius 2 is 1.75 bits per heavy atom. The van der Waals surface area contributed by atoms with Gasteiger partial charge in [-0.15, -0.1) is 0 Å². The Labute approximate surface area is 169 Å². The highest BCUT2D eigenvalue weighted by Gasteiger charge is 2.32. The van der Waals surface area contributed by atoms with E-state index in [4.69, 9.17) is 11.6 Å². The fourth-order valence-corrected chi connectivity index (χ4v) is 4.96. The summed E-state index contributed by atoms with van der Waals surface area (Å²) in [6.45, 7) is 0.871. The van der Waals surface area contributed by atoms with Crippen molar-refractivity contribution in [3.8, 4) is 0 Å². The highest BCUT2D eigenvalue weighted by atomic mass is 35.5. The zero-order valence-corrected chi connectivity index (χ0v) is 16.8. The van der Waals surface area contributed by atoms with Crippen molar-refractivity contribution in [2.45, 2.75) is 25.1 Å². The first-order chi connectivity index (χ1) is 13.3. The van der Waals surface area contributed by atoms with Crippen molar-refractivity contribution >= 4 is 27.5 Å². The summed E-state index contributed by atoms with van der Waals surface area (Å²) in [5, 5.41) is 3.37. The maximum Gasteiger partial charge on any atom is 0.224 e. The molecule has 2 aromatic rings. The van der Waals surface area contributed by atoms with E-state index in [1.807, 2.05) is 0 Å². The third-order valence-electron chi connectivity index (χ3n) is 4.79. The molecule has 8 heteroatoms. The summed E-state index contributed by atoms with van der Waals surface area (Å²) in [7, 11) is -3.52. The quantitative estimate of drug-likeness (QED) is 0.773. The Morgan fingerprint density at radius 3 is 2.43 bits per heavy atom. The molecule has 0 aromatic heterocycles. The van der Waals surface area contributed by atoms with E-state index in [1.165, 1.54) is 16.4 Å². The summed E-state index contributed by atoms with van der Waals surface area (Å²) >= 11 is 5.84. The van der Waals surface area contributed by atoms with E-state index in [-0.39, 0.29) is 30.6 Å². The number of carbonyl (C=O) groups is 1. The molecule has 0 aliphatic carbocycles.